The maximum atomic E-state index is 12.6. The van der Waals surface area contributed by atoms with Crippen molar-refractivity contribution in [2.24, 2.45) is 11.8 Å². The first kappa shape index (κ1) is 21.5. The van der Waals surface area contributed by atoms with Gasteiger partial charge in [-0.3, -0.25) is 9.63 Å². The zero-order chi connectivity index (χ0) is 22.9. The van der Waals surface area contributed by atoms with Crippen LogP contribution in [0.5, 0.6) is 0 Å². The van der Waals surface area contributed by atoms with E-state index >= 15 is 0 Å². The average molecular weight is 450 g/mol. The molecule has 8 nitrogen and oxygen atoms in total. The monoisotopic (exact) mass is 450 g/mol. The summed E-state index contributed by atoms with van der Waals surface area (Å²) in [5.74, 6) is -1.84. The molecule has 0 aliphatic heterocycles. The molecule has 33 heavy (non-hydrogen) atoms. The van der Waals surface area contributed by atoms with E-state index in [0.29, 0.717) is 0 Å². The number of amides is 2. The SMILES string of the molecule is O=C(NC(C(=O)NOC(C(=O)O)C1CC1)C1CC1)OCC1c2ccccc2-c2ccccc21. The Labute approximate surface area is 191 Å². The highest BCUT2D eigenvalue weighted by Gasteiger charge is 2.41. The summed E-state index contributed by atoms with van der Waals surface area (Å²) in [6.07, 6.45) is 1.37. The van der Waals surface area contributed by atoms with E-state index in [0.717, 1.165) is 47.9 Å². The Morgan fingerprint density at radius 2 is 1.48 bits per heavy atom. The van der Waals surface area contributed by atoms with Gasteiger partial charge in [0.25, 0.3) is 5.91 Å². The fourth-order valence-corrected chi connectivity index (χ4v) is 4.53. The molecule has 3 N–H and O–H groups in total. The average Bonchev–Trinajstić information content (AvgIpc) is 3.74. The minimum atomic E-state index is -1.11. The summed E-state index contributed by atoms with van der Waals surface area (Å²) >= 11 is 0. The number of carboxylic acids is 1. The lowest BCUT2D eigenvalue weighted by Gasteiger charge is -2.20. The smallest absolute Gasteiger partial charge is 0.407 e. The number of carbonyl (C=O) groups is 3. The number of hydrogen-bond donors (Lipinski definition) is 3. The molecule has 8 heteroatoms. The maximum Gasteiger partial charge on any atom is 0.407 e. The number of hydrogen-bond acceptors (Lipinski definition) is 5. The summed E-state index contributed by atoms with van der Waals surface area (Å²) in [6.45, 7) is 0.151. The van der Waals surface area contributed by atoms with Crippen molar-refractivity contribution in [3.05, 3.63) is 59.7 Å². The molecule has 0 aromatic heterocycles. The Hall–Kier alpha value is -3.39. The number of hydroxylamine groups is 1. The number of aliphatic carboxylic acids is 1. The predicted molar refractivity (Wildman–Crippen MR) is 118 cm³/mol. The third-order valence-corrected chi connectivity index (χ3v) is 6.57. The first-order valence-electron chi connectivity index (χ1n) is 11.3. The zero-order valence-electron chi connectivity index (χ0n) is 18.0. The van der Waals surface area contributed by atoms with Gasteiger partial charge in [-0.2, -0.15) is 0 Å². The van der Waals surface area contributed by atoms with E-state index in [-0.39, 0.29) is 24.4 Å². The van der Waals surface area contributed by atoms with Crippen molar-refractivity contribution in [2.45, 2.75) is 43.7 Å². The molecule has 0 heterocycles. The van der Waals surface area contributed by atoms with Gasteiger partial charge in [-0.1, -0.05) is 48.5 Å². The van der Waals surface area contributed by atoms with E-state index in [1.807, 2.05) is 36.4 Å². The number of alkyl carbamates (subject to hydrolysis) is 1. The molecule has 2 unspecified atom stereocenters. The minimum absolute atomic E-state index is 0.0155. The summed E-state index contributed by atoms with van der Waals surface area (Å²) in [7, 11) is 0. The summed E-state index contributed by atoms with van der Waals surface area (Å²) in [5.41, 5.74) is 6.73. The van der Waals surface area contributed by atoms with Crippen molar-refractivity contribution in [3.63, 3.8) is 0 Å². The molecule has 172 valence electrons. The van der Waals surface area contributed by atoms with Crippen molar-refractivity contribution >= 4 is 18.0 Å². The van der Waals surface area contributed by atoms with Crippen LogP contribution in [0.15, 0.2) is 48.5 Å². The molecule has 0 radical (unpaired) electrons. The van der Waals surface area contributed by atoms with Gasteiger partial charge < -0.3 is 15.2 Å². The van der Waals surface area contributed by atoms with Gasteiger partial charge in [0.15, 0.2) is 6.10 Å². The lowest BCUT2D eigenvalue weighted by Crippen LogP contribution is -2.50. The lowest BCUT2D eigenvalue weighted by atomic mass is 9.98. The van der Waals surface area contributed by atoms with Crippen molar-refractivity contribution < 1.29 is 29.1 Å². The molecule has 5 rings (SSSR count). The zero-order valence-corrected chi connectivity index (χ0v) is 18.0. The highest BCUT2D eigenvalue weighted by molar-refractivity contribution is 5.86. The standard InChI is InChI=1S/C25H26N2O6/c28-23(27-33-22(24(29)30)15-11-12-15)21(14-9-10-14)26-25(31)32-13-20-18-7-3-1-5-16(18)17-6-2-4-8-19(17)20/h1-8,14-15,20-22H,9-13H2,(H,26,31)(H,27,28)(H,29,30). The van der Waals surface area contributed by atoms with Gasteiger partial charge in [0.05, 0.1) is 0 Å². The Bertz CT molecular complexity index is 1030. The lowest BCUT2D eigenvalue weighted by molar-refractivity contribution is -0.163. The van der Waals surface area contributed by atoms with Crippen LogP contribution in [0.3, 0.4) is 0 Å². The van der Waals surface area contributed by atoms with Crippen LogP contribution in [-0.2, 0) is 19.2 Å². The van der Waals surface area contributed by atoms with Crippen LogP contribution in [0.2, 0.25) is 0 Å². The third-order valence-electron chi connectivity index (χ3n) is 6.57. The Kier molecular flexibility index (Phi) is 5.76. The van der Waals surface area contributed by atoms with Crippen LogP contribution < -0.4 is 10.8 Å². The van der Waals surface area contributed by atoms with Crippen molar-refractivity contribution in [1.82, 2.24) is 10.8 Å². The molecule has 2 atom stereocenters. The Balaban J connectivity index is 1.19. The number of ether oxygens (including phenoxy) is 1. The molecule has 0 spiro atoms. The van der Waals surface area contributed by atoms with E-state index < -0.39 is 30.1 Å². The fourth-order valence-electron chi connectivity index (χ4n) is 4.53. The largest absolute Gasteiger partial charge is 0.479 e. The van der Waals surface area contributed by atoms with Crippen LogP contribution in [-0.4, -0.2) is 41.8 Å². The number of fused-ring (bicyclic) bond motifs is 3. The molecule has 0 saturated heterocycles. The van der Waals surface area contributed by atoms with E-state index in [1.165, 1.54) is 0 Å². The van der Waals surface area contributed by atoms with Gasteiger partial charge in [0.2, 0.25) is 0 Å². The number of nitrogens with one attached hydrogen (secondary N) is 2. The summed E-state index contributed by atoms with van der Waals surface area (Å²) < 4.78 is 5.55. The van der Waals surface area contributed by atoms with Crippen LogP contribution >= 0.6 is 0 Å². The molecule has 0 bridgehead atoms. The highest BCUT2D eigenvalue weighted by Crippen LogP contribution is 2.44. The third kappa shape index (κ3) is 4.57. The van der Waals surface area contributed by atoms with Gasteiger partial charge in [0, 0.05) is 5.92 Å². The highest BCUT2D eigenvalue weighted by atomic mass is 16.7. The van der Waals surface area contributed by atoms with Gasteiger partial charge in [0.1, 0.15) is 12.6 Å². The number of carbonyl (C=O) groups excluding carboxylic acids is 2. The Morgan fingerprint density at radius 3 is 2.03 bits per heavy atom. The fraction of sp³-hybridized carbons (Fsp3) is 0.400. The van der Waals surface area contributed by atoms with Crippen LogP contribution in [0.1, 0.15) is 42.7 Å². The second kappa shape index (κ2) is 8.86. The number of carboxylic acid groups (broad SMARTS) is 1. The molecule has 2 aromatic rings. The van der Waals surface area contributed by atoms with E-state index in [4.69, 9.17) is 9.57 Å². The molecule has 3 aliphatic rings. The Morgan fingerprint density at radius 1 is 0.909 bits per heavy atom. The van der Waals surface area contributed by atoms with Gasteiger partial charge in [-0.25, -0.2) is 15.1 Å². The molecule has 2 amide bonds. The summed E-state index contributed by atoms with van der Waals surface area (Å²) in [6, 6.07) is 15.3. The summed E-state index contributed by atoms with van der Waals surface area (Å²) in [4.78, 5) is 41.7. The minimum Gasteiger partial charge on any atom is -0.479 e. The molecule has 2 saturated carbocycles. The molecule has 3 aliphatic carbocycles. The van der Waals surface area contributed by atoms with Crippen LogP contribution in [0.25, 0.3) is 11.1 Å². The number of benzene rings is 2. The van der Waals surface area contributed by atoms with Crippen molar-refractivity contribution in [2.75, 3.05) is 6.61 Å². The first-order chi connectivity index (χ1) is 16.0. The van der Waals surface area contributed by atoms with Crippen LogP contribution in [0.4, 0.5) is 4.79 Å². The predicted octanol–water partition coefficient (Wildman–Crippen LogP) is 3.21. The first-order valence-corrected chi connectivity index (χ1v) is 11.3. The van der Waals surface area contributed by atoms with Gasteiger partial charge in [-0.15, -0.1) is 0 Å². The topological polar surface area (TPSA) is 114 Å². The van der Waals surface area contributed by atoms with E-state index in [1.54, 1.807) is 0 Å². The van der Waals surface area contributed by atoms with Crippen LogP contribution in [0, 0.1) is 11.8 Å². The molecular weight excluding hydrogens is 424 g/mol. The van der Waals surface area contributed by atoms with Crippen molar-refractivity contribution in [1.29, 1.82) is 0 Å². The second-order valence-electron chi connectivity index (χ2n) is 8.97. The summed E-state index contributed by atoms with van der Waals surface area (Å²) in [5, 5.41) is 11.9. The number of rotatable bonds is 9. The maximum absolute atomic E-state index is 12.6. The molecule has 2 fully saturated rings. The molecular formula is C25H26N2O6. The molecule has 2 aromatic carbocycles. The van der Waals surface area contributed by atoms with Gasteiger partial charge >= 0.3 is 12.1 Å². The van der Waals surface area contributed by atoms with E-state index in [9.17, 15) is 19.5 Å². The second-order valence-corrected chi connectivity index (χ2v) is 8.97. The van der Waals surface area contributed by atoms with E-state index in [2.05, 4.69) is 22.9 Å². The van der Waals surface area contributed by atoms with Crippen molar-refractivity contribution in [3.8, 4) is 11.1 Å². The van der Waals surface area contributed by atoms with Gasteiger partial charge in [-0.05, 0) is 59.8 Å². The quantitative estimate of drug-likeness (QED) is 0.506. The normalized spacial score (nSPS) is 18.5.